The predicted molar refractivity (Wildman–Crippen MR) is 76.8 cm³/mol. The standard InChI is InChI=1S/C13H20N2O3S/c1-10(9-19(3,17)18)14-8-12-6-4-5-7-13(12)15-11(2)16/h4-7,10,14H,8-9H2,1-3H3,(H,15,16). The molecule has 0 aliphatic rings. The number of carbonyl (C=O) groups excluding carboxylic acids is 1. The van der Waals surface area contributed by atoms with E-state index in [0.29, 0.717) is 6.54 Å². The molecule has 0 radical (unpaired) electrons. The third kappa shape index (κ3) is 6.35. The lowest BCUT2D eigenvalue weighted by Gasteiger charge is -2.15. The number of anilines is 1. The van der Waals surface area contributed by atoms with Crippen LogP contribution in [0.5, 0.6) is 0 Å². The first-order valence-electron chi connectivity index (χ1n) is 6.04. The van der Waals surface area contributed by atoms with Crippen LogP contribution in [0.2, 0.25) is 0 Å². The fourth-order valence-electron chi connectivity index (χ4n) is 1.78. The van der Waals surface area contributed by atoms with Crippen LogP contribution in [-0.4, -0.2) is 32.4 Å². The second-order valence-corrected chi connectivity index (χ2v) is 6.90. The summed E-state index contributed by atoms with van der Waals surface area (Å²) in [7, 11) is -2.99. The highest BCUT2D eigenvalue weighted by molar-refractivity contribution is 7.90. The van der Waals surface area contributed by atoms with Gasteiger partial charge < -0.3 is 10.6 Å². The molecule has 2 N–H and O–H groups in total. The quantitative estimate of drug-likeness (QED) is 0.822. The molecule has 1 aromatic carbocycles. The maximum atomic E-state index is 11.2. The van der Waals surface area contributed by atoms with Gasteiger partial charge in [0, 0.05) is 31.5 Å². The minimum atomic E-state index is -2.99. The van der Waals surface area contributed by atoms with Gasteiger partial charge in [-0.25, -0.2) is 8.42 Å². The maximum absolute atomic E-state index is 11.2. The summed E-state index contributed by atoms with van der Waals surface area (Å²) in [5, 5.41) is 5.89. The molecule has 0 saturated heterocycles. The molecule has 0 bridgehead atoms. The van der Waals surface area contributed by atoms with Gasteiger partial charge in [0.25, 0.3) is 0 Å². The first kappa shape index (κ1) is 15.7. The lowest BCUT2D eigenvalue weighted by atomic mass is 10.1. The van der Waals surface area contributed by atoms with Crippen molar-refractivity contribution in [3.63, 3.8) is 0 Å². The monoisotopic (exact) mass is 284 g/mol. The Morgan fingerprint density at radius 3 is 2.53 bits per heavy atom. The van der Waals surface area contributed by atoms with E-state index in [-0.39, 0.29) is 17.7 Å². The number of hydrogen-bond acceptors (Lipinski definition) is 4. The molecular formula is C13H20N2O3S. The van der Waals surface area contributed by atoms with E-state index in [1.807, 2.05) is 31.2 Å². The molecule has 1 atom stereocenters. The number of amides is 1. The van der Waals surface area contributed by atoms with E-state index >= 15 is 0 Å². The second-order valence-electron chi connectivity index (χ2n) is 4.71. The van der Waals surface area contributed by atoms with Crippen molar-refractivity contribution in [2.75, 3.05) is 17.3 Å². The summed E-state index contributed by atoms with van der Waals surface area (Å²) in [4.78, 5) is 11.1. The van der Waals surface area contributed by atoms with Gasteiger partial charge in [0.1, 0.15) is 9.84 Å². The lowest BCUT2D eigenvalue weighted by Crippen LogP contribution is -2.32. The molecule has 0 aliphatic heterocycles. The Balaban J connectivity index is 2.65. The summed E-state index contributed by atoms with van der Waals surface area (Å²) < 4.78 is 22.3. The smallest absolute Gasteiger partial charge is 0.221 e. The first-order valence-corrected chi connectivity index (χ1v) is 8.10. The third-order valence-corrected chi connectivity index (χ3v) is 3.63. The van der Waals surface area contributed by atoms with Crippen molar-refractivity contribution in [1.29, 1.82) is 0 Å². The molecule has 0 heterocycles. The molecule has 0 saturated carbocycles. The Kier molecular flexibility index (Phi) is 5.50. The molecule has 1 amide bonds. The number of sulfone groups is 1. The third-order valence-electron chi connectivity index (χ3n) is 2.52. The molecule has 106 valence electrons. The van der Waals surface area contributed by atoms with Gasteiger partial charge in [-0.3, -0.25) is 4.79 Å². The Labute approximate surface area is 114 Å². The van der Waals surface area contributed by atoms with Crippen LogP contribution >= 0.6 is 0 Å². The van der Waals surface area contributed by atoms with Gasteiger partial charge in [-0.2, -0.15) is 0 Å². The van der Waals surface area contributed by atoms with Crippen molar-refractivity contribution in [3.05, 3.63) is 29.8 Å². The summed E-state index contributed by atoms with van der Waals surface area (Å²) in [5.74, 6) is -0.0356. The number of hydrogen-bond donors (Lipinski definition) is 2. The molecular weight excluding hydrogens is 264 g/mol. The molecule has 1 aromatic rings. The number of rotatable bonds is 6. The molecule has 0 aromatic heterocycles. The highest BCUT2D eigenvalue weighted by atomic mass is 32.2. The van der Waals surface area contributed by atoms with Gasteiger partial charge in [-0.15, -0.1) is 0 Å². The fraction of sp³-hybridized carbons (Fsp3) is 0.462. The summed E-state index contributed by atoms with van der Waals surface area (Å²) >= 11 is 0. The lowest BCUT2D eigenvalue weighted by molar-refractivity contribution is -0.114. The molecule has 5 nitrogen and oxygen atoms in total. The number of para-hydroxylation sites is 1. The SMILES string of the molecule is CC(=O)Nc1ccccc1CNC(C)CS(C)(=O)=O. The maximum Gasteiger partial charge on any atom is 0.221 e. The normalized spacial score (nSPS) is 13.0. The molecule has 0 aliphatic carbocycles. The van der Waals surface area contributed by atoms with Crippen molar-refractivity contribution < 1.29 is 13.2 Å². The first-order chi connectivity index (χ1) is 8.78. The number of nitrogens with one attached hydrogen (secondary N) is 2. The van der Waals surface area contributed by atoms with Crippen LogP contribution in [0.15, 0.2) is 24.3 Å². The van der Waals surface area contributed by atoms with Gasteiger partial charge >= 0.3 is 0 Å². The minimum absolute atomic E-state index is 0.0926. The van der Waals surface area contributed by atoms with Crippen LogP contribution in [0.4, 0.5) is 5.69 Å². The largest absolute Gasteiger partial charge is 0.326 e. The van der Waals surface area contributed by atoms with Crippen molar-refractivity contribution in [3.8, 4) is 0 Å². The zero-order chi connectivity index (χ0) is 14.5. The van der Waals surface area contributed by atoms with Crippen molar-refractivity contribution in [1.82, 2.24) is 5.32 Å². The van der Waals surface area contributed by atoms with Crippen LogP contribution in [0, 0.1) is 0 Å². The topological polar surface area (TPSA) is 75.3 Å². The van der Waals surface area contributed by atoms with E-state index < -0.39 is 9.84 Å². The van der Waals surface area contributed by atoms with Gasteiger partial charge in [0.15, 0.2) is 0 Å². The molecule has 6 heteroatoms. The molecule has 0 fully saturated rings. The van der Waals surface area contributed by atoms with Crippen molar-refractivity contribution in [2.24, 2.45) is 0 Å². The van der Waals surface area contributed by atoms with E-state index in [1.165, 1.54) is 13.2 Å². The fourth-order valence-corrected chi connectivity index (χ4v) is 2.81. The van der Waals surface area contributed by atoms with Crippen molar-refractivity contribution >= 4 is 21.4 Å². The zero-order valence-electron chi connectivity index (χ0n) is 11.4. The number of benzene rings is 1. The van der Waals surface area contributed by atoms with E-state index in [9.17, 15) is 13.2 Å². The Hall–Kier alpha value is -1.40. The highest BCUT2D eigenvalue weighted by Gasteiger charge is 2.11. The average molecular weight is 284 g/mol. The Bertz CT molecular complexity index is 541. The van der Waals surface area contributed by atoms with Crippen LogP contribution in [0.25, 0.3) is 0 Å². The van der Waals surface area contributed by atoms with Crippen LogP contribution in [-0.2, 0) is 21.2 Å². The Morgan fingerprint density at radius 1 is 1.32 bits per heavy atom. The van der Waals surface area contributed by atoms with Gasteiger partial charge in [0.2, 0.25) is 5.91 Å². The summed E-state index contributed by atoms with van der Waals surface area (Å²) in [6.07, 6.45) is 1.22. The van der Waals surface area contributed by atoms with Crippen LogP contribution < -0.4 is 10.6 Å². The van der Waals surface area contributed by atoms with Gasteiger partial charge in [0.05, 0.1) is 5.75 Å². The van der Waals surface area contributed by atoms with Crippen molar-refractivity contribution in [2.45, 2.75) is 26.4 Å². The number of carbonyl (C=O) groups is 1. The predicted octanol–water partition coefficient (Wildman–Crippen LogP) is 1.17. The minimum Gasteiger partial charge on any atom is -0.326 e. The van der Waals surface area contributed by atoms with Gasteiger partial charge in [-0.1, -0.05) is 18.2 Å². The highest BCUT2D eigenvalue weighted by Crippen LogP contribution is 2.14. The molecule has 19 heavy (non-hydrogen) atoms. The second kappa shape index (κ2) is 6.68. The van der Waals surface area contributed by atoms with Crippen LogP contribution in [0.1, 0.15) is 19.4 Å². The summed E-state index contributed by atoms with van der Waals surface area (Å²) in [5.41, 5.74) is 1.67. The van der Waals surface area contributed by atoms with Gasteiger partial charge in [-0.05, 0) is 18.6 Å². The van der Waals surface area contributed by atoms with Crippen LogP contribution in [0.3, 0.4) is 0 Å². The summed E-state index contributed by atoms with van der Waals surface area (Å²) in [6, 6.07) is 7.30. The summed E-state index contributed by atoms with van der Waals surface area (Å²) in [6.45, 7) is 3.78. The molecule has 1 rings (SSSR count). The molecule has 1 unspecified atom stereocenters. The zero-order valence-corrected chi connectivity index (χ0v) is 12.3. The Morgan fingerprint density at radius 2 is 1.95 bits per heavy atom. The van der Waals surface area contributed by atoms with E-state index in [4.69, 9.17) is 0 Å². The van der Waals surface area contributed by atoms with E-state index in [0.717, 1.165) is 11.3 Å². The molecule has 0 spiro atoms. The van der Waals surface area contributed by atoms with E-state index in [2.05, 4.69) is 10.6 Å². The van der Waals surface area contributed by atoms with E-state index in [1.54, 1.807) is 0 Å². The average Bonchev–Trinajstić information content (AvgIpc) is 2.24.